The van der Waals surface area contributed by atoms with Crippen molar-refractivity contribution in [3.8, 4) is 6.07 Å². The van der Waals surface area contributed by atoms with E-state index in [0.29, 0.717) is 22.7 Å². The molecule has 4 heteroatoms. The van der Waals surface area contributed by atoms with Crippen LogP contribution in [-0.2, 0) is 0 Å². The quantitative estimate of drug-likeness (QED) is 0.710. The van der Waals surface area contributed by atoms with Crippen molar-refractivity contribution >= 4 is 5.71 Å². The third-order valence-corrected chi connectivity index (χ3v) is 2.09. The topological polar surface area (TPSA) is 86.5 Å². The van der Waals surface area contributed by atoms with Gasteiger partial charge < -0.3 is 5.73 Å². The van der Waals surface area contributed by atoms with Crippen molar-refractivity contribution in [1.29, 1.82) is 10.7 Å². The summed E-state index contributed by atoms with van der Waals surface area (Å²) in [5, 5.41) is 16.5. The number of nitriles is 1. The summed E-state index contributed by atoms with van der Waals surface area (Å²) in [4.78, 5) is 4.02. The molecule has 0 aromatic carbocycles. The zero-order chi connectivity index (χ0) is 11.4. The maximum absolute atomic E-state index is 8.67. The maximum Gasteiger partial charge on any atom is 0.141 e. The maximum atomic E-state index is 8.67. The van der Waals surface area contributed by atoms with Gasteiger partial charge in [0, 0.05) is 5.70 Å². The molecule has 15 heavy (non-hydrogen) atoms. The Morgan fingerprint density at radius 1 is 1.47 bits per heavy atom. The molecule has 0 aliphatic rings. The van der Waals surface area contributed by atoms with E-state index in [-0.39, 0.29) is 5.71 Å². The molecular weight excluding hydrogens is 188 g/mol. The minimum Gasteiger partial charge on any atom is -0.402 e. The Morgan fingerprint density at radius 2 is 2.13 bits per heavy atom. The van der Waals surface area contributed by atoms with E-state index in [1.807, 2.05) is 6.07 Å². The zero-order valence-corrected chi connectivity index (χ0v) is 8.70. The summed E-state index contributed by atoms with van der Waals surface area (Å²) >= 11 is 0. The van der Waals surface area contributed by atoms with Crippen molar-refractivity contribution in [1.82, 2.24) is 4.98 Å². The molecule has 1 aromatic heterocycles. The van der Waals surface area contributed by atoms with Gasteiger partial charge in [-0.3, -0.25) is 5.41 Å². The summed E-state index contributed by atoms with van der Waals surface area (Å²) in [7, 11) is 0. The molecule has 0 spiro atoms. The monoisotopic (exact) mass is 200 g/mol. The number of hydrogen-bond acceptors (Lipinski definition) is 4. The Labute approximate surface area is 88.6 Å². The highest BCUT2D eigenvalue weighted by Gasteiger charge is 2.07. The molecule has 76 valence electrons. The third kappa shape index (κ3) is 2.41. The first-order valence-corrected chi connectivity index (χ1v) is 4.45. The second kappa shape index (κ2) is 4.38. The van der Waals surface area contributed by atoms with E-state index in [1.54, 1.807) is 32.0 Å². The van der Waals surface area contributed by atoms with Crippen LogP contribution in [0.4, 0.5) is 0 Å². The average molecular weight is 200 g/mol. The van der Waals surface area contributed by atoms with Gasteiger partial charge in [-0.2, -0.15) is 5.26 Å². The van der Waals surface area contributed by atoms with E-state index in [1.165, 1.54) is 0 Å². The molecule has 0 unspecified atom stereocenters. The highest BCUT2D eigenvalue weighted by Crippen LogP contribution is 2.08. The lowest BCUT2D eigenvalue weighted by Crippen LogP contribution is -2.09. The fraction of sp³-hybridized carbons (Fsp3) is 0.182. The van der Waals surface area contributed by atoms with Crippen molar-refractivity contribution in [2.24, 2.45) is 5.73 Å². The van der Waals surface area contributed by atoms with Gasteiger partial charge in [0.25, 0.3) is 0 Å². The zero-order valence-electron chi connectivity index (χ0n) is 8.70. The van der Waals surface area contributed by atoms with Crippen molar-refractivity contribution in [3.63, 3.8) is 0 Å². The molecule has 1 heterocycles. The molecule has 3 N–H and O–H groups in total. The SMILES string of the molecule is C/C(N)=C(\C)C(=N)c1cccc(C#N)n1. The van der Waals surface area contributed by atoms with Crippen LogP contribution in [0.3, 0.4) is 0 Å². The lowest BCUT2D eigenvalue weighted by atomic mass is 10.1. The van der Waals surface area contributed by atoms with E-state index >= 15 is 0 Å². The minimum atomic E-state index is 0.257. The molecule has 1 rings (SSSR count). The van der Waals surface area contributed by atoms with E-state index in [4.69, 9.17) is 16.4 Å². The van der Waals surface area contributed by atoms with Gasteiger partial charge in [0.05, 0.1) is 11.4 Å². The standard InChI is InChI=1S/C11H12N4/c1-7(8(2)13)11(14)10-5-3-4-9(6-12)15-10/h3-5,14H,13H2,1-2H3/b8-7-,14-11?. The normalized spacial score (nSPS) is 11.5. The van der Waals surface area contributed by atoms with Gasteiger partial charge in [0.1, 0.15) is 11.8 Å². The highest BCUT2D eigenvalue weighted by atomic mass is 14.7. The molecule has 0 saturated heterocycles. The van der Waals surface area contributed by atoms with E-state index in [2.05, 4.69) is 4.98 Å². The summed E-state index contributed by atoms with van der Waals surface area (Å²) < 4.78 is 0. The smallest absolute Gasteiger partial charge is 0.141 e. The third-order valence-electron chi connectivity index (χ3n) is 2.09. The number of hydrogen-bond donors (Lipinski definition) is 2. The van der Waals surface area contributed by atoms with Crippen LogP contribution >= 0.6 is 0 Å². The lowest BCUT2D eigenvalue weighted by molar-refractivity contribution is 1.19. The molecule has 1 aromatic rings. The first kappa shape index (κ1) is 10.9. The van der Waals surface area contributed by atoms with Gasteiger partial charge >= 0.3 is 0 Å². The second-order valence-electron chi connectivity index (χ2n) is 3.20. The van der Waals surface area contributed by atoms with Gasteiger partial charge in [0.15, 0.2) is 0 Å². The summed E-state index contributed by atoms with van der Waals surface area (Å²) in [6, 6.07) is 6.93. The largest absolute Gasteiger partial charge is 0.402 e. The van der Waals surface area contributed by atoms with Crippen LogP contribution in [0.15, 0.2) is 29.5 Å². The number of pyridine rings is 1. The Balaban J connectivity index is 3.14. The molecule has 0 bridgehead atoms. The molecule has 0 saturated carbocycles. The average Bonchev–Trinajstić information content (AvgIpc) is 2.27. The first-order valence-electron chi connectivity index (χ1n) is 4.45. The molecule has 4 nitrogen and oxygen atoms in total. The van der Waals surface area contributed by atoms with Crippen LogP contribution in [0.1, 0.15) is 25.2 Å². The molecule has 0 radical (unpaired) electrons. The number of rotatable bonds is 2. The van der Waals surface area contributed by atoms with Gasteiger partial charge in [-0.1, -0.05) is 6.07 Å². The van der Waals surface area contributed by atoms with E-state index < -0.39 is 0 Å². The molecule has 0 atom stereocenters. The summed E-state index contributed by atoms with van der Waals surface area (Å²) in [5.41, 5.74) is 7.89. The van der Waals surface area contributed by atoms with Crippen LogP contribution in [-0.4, -0.2) is 10.7 Å². The Morgan fingerprint density at radius 3 is 2.67 bits per heavy atom. The van der Waals surface area contributed by atoms with E-state index in [9.17, 15) is 0 Å². The Hall–Kier alpha value is -2.15. The van der Waals surface area contributed by atoms with Crippen molar-refractivity contribution < 1.29 is 0 Å². The summed E-state index contributed by atoms with van der Waals surface area (Å²) in [6.45, 7) is 3.50. The van der Waals surface area contributed by atoms with Crippen LogP contribution in [0.5, 0.6) is 0 Å². The Kier molecular flexibility index (Phi) is 3.19. The molecular formula is C11H12N4. The summed E-state index contributed by atoms with van der Waals surface area (Å²) in [6.07, 6.45) is 0. The predicted molar refractivity (Wildman–Crippen MR) is 58.3 cm³/mol. The highest BCUT2D eigenvalue weighted by molar-refractivity contribution is 6.09. The molecule has 0 aliphatic carbocycles. The molecule has 0 aliphatic heterocycles. The number of aromatic nitrogens is 1. The van der Waals surface area contributed by atoms with Crippen molar-refractivity contribution in [2.45, 2.75) is 13.8 Å². The fourth-order valence-corrected chi connectivity index (χ4v) is 1.03. The lowest BCUT2D eigenvalue weighted by Gasteiger charge is -2.05. The number of nitrogens with one attached hydrogen (secondary N) is 1. The number of allylic oxidation sites excluding steroid dienone is 2. The van der Waals surface area contributed by atoms with Gasteiger partial charge in [-0.25, -0.2) is 4.98 Å². The van der Waals surface area contributed by atoms with E-state index in [0.717, 1.165) is 0 Å². The van der Waals surface area contributed by atoms with Crippen LogP contribution < -0.4 is 5.73 Å². The molecule has 0 amide bonds. The minimum absolute atomic E-state index is 0.257. The van der Waals surface area contributed by atoms with Gasteiger partial charge in [-0.15, -0.1) is 0 Å². The Bertz CT molecular complexity index is 462. The van der Waals surface area contributed by atoms with Crippen molar-refractivity contribution in [2.75, 3.05) is 0 Å². The van der Waals surface area contributed by atoms with Crippen LogP contribution in [0.2, 0.25) is 0 Å². The van der Waals surface area contributed by atoms with Crippen molar-refractivity contribution in [3.05, 3.63) is 40.9 Å². The summed E-state index contributed by atoms with van der Waals surface area (Å²) in [5.74, 6) is 0. The fourth-order valence-electron chi connectivity index (χ4n) is 1.03. The van der Waals surface area contributed by atoms with Crippen LogP contribution in [0, 0.1) is 16.7 Å². The predicted octanol–water partition coefficient (Wildman–Crippen LogP) is 1.57. The van der Waals surface area contributed by atoms with Gasteiger partial charge in [0.2, 0.25) is 0 Å². The van der Waals surface area contributed by atoms with Crippen LogP contribution in [0.25, 0.3) is 0 Å². The molecule has 0 fully saturated rings. The number of nitrogens with zero attached hydrogens (tertiary/aromatic N) is 2. The van der Waals surface area contributed by atoms with Gasteiger partial charge in [-0.05, 0) is 31.6 Å². The first-order chi connectivity index (χ1) is 7.06. The number of nitrogens with two attached hydrogens (primary N) is 1. The second-order valence-corrected chi connectivity index (χ2v) is 3.20.